The van der Waals surface area contributed by atoms with Crippen LogP contribution in [0.3, 0.4) is 0 Å². The Hall–Kier alpha value is -1.02. The maximum Gasteiger partial charge on any atom is 0.0340 e. The molecule has 1 unspecified atom stereocenters. The molecule has 2 heteroatoms. The summed E-state index contributed by atoms with van der Waals surface area (Å²) in [5, 5.41) is 6.87. The van der Waals surface area contributed by atoms with E-state index in [1.165, 1.54) is 18.5 Å². The lowest BCUT2D eigenvalue weighted by molar-refractivity contribution is 0.481. The highest BCUT2D eigenvalue weighted by Crippen LogP contribution is 2.04. The average molecular weight is 220 g/mol. The largest absolute Gasteiger partial charge is 0.384 e. The van der Waals surface area contributed by atoms with Gasteiger partial charge in [0.2, 0.25) is 0 Å². The number of anilines is 1. The maximum absolute atomic E-state index is 3.48. The number of nitrogens with one attached hydrogen (secondary N) is 2. The highest BCUT2D eigenvalue weighted by atomic mass is 14.9. The minimum Gasteiger partial charge on any atom is -0.384 e. The second-order valence-corrected chi connectivity index (χ2v) is 4.39. The number of hydrogen-bond donors (Lipinski definition) is 2. The van der Waals surface area contributed by atoms with Gasteiger partial charge in [0, 0.05) is 18.8 Å². The minimum absolute atomic E-state index is 0.793. The highest BCUT2D eigenvalue weighted by Gasteiger charge is 1.98. The summed E-state index contributed by atoms with van der Waals surface area (Å²) in [7, 11) is 0. The molecule has 0 saturated carbocycles. The van der Waals surface area contributed by atoms with Crippen molar-refractivity contribution in [3.8, 4) is 0 Å². The van der Waals surface area contributed by atoms with Crippen LogP contribution in [0.2, 0.25) is 0 Å². The van der Waals surface area contributed by atoms with E-state index in [0.29, 0.717) is 0 Å². The molecule has 1 aromatic rings. The van der Waals surface area contributed by atoms with Gasteiger partial charge in [-0.15, -0.1) is 0 Å². The van der Waals surface area contributed by atoms with Crippen molar-refractivity contribution in [3.63, 3.8) is 0 Å². The van der Waals surface area contributed by atoms with Gasteiger partial charge in [0.1, 0.15) is 0 Å². The Balaban J connectivity index is 2.00. The molecule has 0 amide bonds. The standard InChI is InChI=1S/C14H24N2/c1-3-7-13(2)12-15-10-11-16-14-8-5-4-6-9-14/h4-6,8-9,13,15-16H,3,7,10-12H2,1-2H3. The van der Waals surface area contributed by atoms with E-state index in [1.807, 2.05) is 6.07 Å². The van der Waals surface area contributed by atoms with Crippen molar-refractivity contribution >= 4 is 5.69 Å². The highest BCUT2D eigenvalue weighted by molar-refractivity contribution is 5.42. The minimum atomic E-state index is 0.793. The molecule has 0 aliphatic carbocycles. The molecule has 2 nitrogen and oxygen atoms in total. The van der Waals surface area contributed by atoms with Crippen molar-refractivity contribution in [2.24, 2.45) is 5.92 Å². The Bertz CT molecular complexity index is 259. The van der Waals surface area contributed by atoms with Crippen LogP contribution >= 0.6 is 0 Å². The molecule has 1 aromatic carbocycles. The summed E-state index contributed by atoms with van der Waals surface area (Å²) < 4.78 is 0. The molecule has 0 aliphatic rings. The normalized spacial score (nSPS) is 12.4. The molecule has 16 heavy (non-hydrogen) atoms. The number of para-hydroxylation sites is 1. The zero-order chi connectivity index (χ0) is 11.6. The van der Waals surface area contributed by atoms with Crippen LogP contribution in [-0.4, -0.2) is 19.6 Å². The van der Waals surface area contributed by atoms with Crippen LogP contribution in [0.25, 0.3) is 0 Å². The summed E-state index contributed by atoms with van der Waals surface area (Å²) in [6.07, 6.45) is 2.60. The van der Waals surface area contributed by atoms with Crippen molar-refractivity contribution in [1.82, 2.24) is 5.32 Å². The first-order valence-corrected chi connectivity index (χ1v) is 6.32. The summed E-state index contributed by atoms with van der Waals surface area (Å²) in [6.45, 7) is 7.70. The third-order valence-corrected chi connectivity index (χ3v) is 2.68. The van der Waals surface area contributed by atoms with E-state index in [4.69, 9.17) is 0 Å². The molecule has 0 fully saturated rings. The van der Waals surface area contributed by atoms with Gasteiger partial charge >= 0.3 is 0 Å². The number of rotatable bonds is 8. The Morgan fingerprint density at radius 2 is 1.88 bits per heavy atom. The van der Waals surface area contributed by atoms with Crippen LogP contribution in [0.15, 0.2) is 30.3 Å². The molecule has 0 aromatic heterocycles. The van der Waals surface area contributed by atoms with E-state index in [-0.39, 0.29) is 0 Å². The third-order valence-electron chi connectivity index (χ3n) is 2.68. The zero-order valence-corrected chi connectivity index (χ0v) is 10.5. The fourth-order valence-corrected chi connectivity index (χ4v) is 1.79. The third kappa shape index (κ3) is 5.76. The fourth-order valence-electron chi connectivity index (χ4n) is 1.79. The number of hydrogen-bond acceptors (Lipinski definition) is 2. The lowest BCUT2D eigenvalue weighted by Crippen LogP contribution is -2.26. The first kappa shape index (κ1) is 13.0. The SMILES string of the molecule is CCCC(C)CNCCNc1ccccc1. The van der Waals surface area contributed by atoms with Crippen molar-refractivity contribution in [1.29, 1.82) is 0 Å². The lowest BCUT2D eigenvalue weighted by atomic mass is 10.1. The molecule has 1 atom stereocenters. The predicted octanol–water partition coefficient (Wildman–Crippen LogP) is 3.12. The van der Waals surface area contributed by atoms with E-state index in [9.17, 15) is 0 Å². The predicted molar refractivity (Wildman–Crippen MR) is 71.9 cm³/mol. The topological polar surface area (TPSA) is 24.1 Å². The van der Waals surface area contributed by atoms with Crippen molar-refractivity contribution in [2.75, 3.05) is 25.0 Å². The average Bonchev–Trinajstić information content (AvgIpc) is 2.30. The van der Waals surface area contributed by atoms with Crippen LogP contribution in [-0.2, 0) is 0 Å². The van der Waals surface area contributed by atoms with Gasteiger partial charge in [0.05, 0.1) is 0 Å². The van der Waals surface area contributed by atoms with E-state index in [1.54, 1.807) is 0 Å². The van der Waals surface area contributed by atoms with Gasteiger partial charge in [-0.25, -0.2) is 0 Å². The van der Waals surface area contributed by atoms with Crippen molar-refractivity contribution < 1.29 is 0 Å². The molecular weight excluding hydrogens is 196 g/mol. The second kappa shape index (κ2) is 8.17. The fraction of sp³-hybridized carbons (Fsp3) is 0.571. The summed E-state index contributed by atoms with van der Waals surface area (Å²) in [5.41, 5.74) is 1.20. The summed E-state index contributed by atoms with van der Waals surface area (Å²) in [4.78, 5) is 0. The molecule has 0 bridgehead atoms. The summed E-state index contributed by atoms with van der Waals surface area (Å²) in [6, 6.07) is 10.3. The van der Waals surface area contributed by atoms with Crippen LogP contribution in [0, 0.1) is 5.92 Å². The van der Waals surface area contributed by atoms with E-state index < -0.39 is 0 Å². The summed E-state index contributed by atoms with van der Waals surface area (Å²) in [5.74, 6) is 0.793. The molecule has 90 valence electrons. The molecule has 0 spiro atoms. The Labute approximate surface area is 99.5 Å². The quantitative estimate of drug-likeness (QED) is 0.658. The van der Waals surface area contributed by atoms with Crippen LogP contribution < -0.4 is 10.6 Å². The van der Waals surface area contributed by atoms with Gasteiger partial charge in [0.15, 0.2) is 0 Å². The van der Waals surface area contributed by atoms with Crippen LogP contribution in [0.5, 0.6) is 0 Å². The molecule has 0 saturated heterocycles. The first-order valence-electron chi connectivity index (χ1n) is 6.32. The number of benzene rings is 1. The molecule has 0 aliphatic heterocycles. The molecule has 1 rings (SSSR count). The van der Waals surface area contributed by atoms with E-state index in [2.05, 4.69) is 48.7 Å². The van der Waals surface area contributed by atoms with Gasteiger partial charge in [-0.2, -0.15) is 0 Å². The van der Waals surface area contributed by atoms with Crippen molar-refractivity contribution in [2.45, 2.75) is 26.7 Å². The van der Waals surface area contributed by atoms with Gasteiger partial charge < -0.3 is 10.6 Å². The Morgan fingerprint density at radius 1 is 1.12 bits per heavy atom. The monoisotopic (exact) mass is 220 g/mol. The van der Waals surface area contributed by atoms with Gasteiger partial charge in [-0.3, -0.25) is 0 Å². The first-order chi connectivity index (χ1) is 7.83. The second-order valence-electron chi connectivity index (χ2n) is 4.39. The van der Waals surface area contributed by atoms with Crippen molar-refractivity contribution in [3.05, 3.63) is 30.3 Å². The zero-order valence-electron chi connectivity index (χ0n) is 10.5. The van der Waals surface area contributed by atoms with Crippen LogP contribution in [0.4, 0.5) is 5.69 Å². The lowest BCUT2D eigenvalue weighted by Gasteiger charge is -2.12. The molecular formula is C14H24N2. The smallest absolute Gasteiger partial charge is 0.0340 e. The maximum atomic E-state index is 3.48. The molecule has 2 N–H and O–H groups in total. The molecule has 0 heterocycles. The summed E-state index contributed by atoms with van der Waals surface area (Å²) >= 11 is 0. The van der Waals surface area contributed by atoms with Gasteiger partial charge in [-0.1, -0.05) is 38.5 Å². The van der Waals surface area contributed by atoms with Gasteiger partial charge in [0.25, 0.3) is 0 Å². The molecule has 0 radical (unpaired) electrons. The Morgan fingerprint density at radius 3 is 2.56 bits per heavy atom. The van der Waals surface area contributed by atoms with E-state index in [0.717, 1.165) is 25.6 Å². The van der Waals surface area contributed by atoms with Crippen LogP contribution in [0.1, 0.15) is 26.7 Å². The van der Waals surface area contributed by atoms with E-state index >= 15 is 0 Å². The van der Waals surface area contributed by atoms with Gasteiger partial charge in [-0.05, 0) is 31.0 Å². The Kier molecular flexibility index (Phi) is 6.66.